The van der Waals surface area contributed by atoms with Crippen LogP contribution in [0.5, 0.6) is 0 Å². The third-order valence-electron chi connectivity index (χ3n) is 3.80. The van der Waals surface area contributed by atoms with Gasteiger partial charge in [-0.15, -0.1) is 0 Å². The van der Waals surface area contributed by atoms with Gasteiger partial charge in [-0.2, -0.15) is 0 Å². The average molecular weight is 371 g/mol. The molecule has 1 atom stereocenters. The number of thioether (sulfide) groups is 1. The van der Waals surface area contributed by atoms with Crippen LogP contribution in [0.25, 0.3) is 17.4 Å². The first-order valence-electron chi connectivity index (χ1n) is 8.10. The van der Waals surface area contributed by atoms with E-state index in [1.165, 1.54) is 13.0 Å². The summed E-state index contributed by atoms with van der Waals surface area (Å²) in [7, 11) is 0. The molecule has 1 aliphatic rings. The number of imide groups is 1. The van der Waals surface area contributed by atoms with Gasteiger partial charge in [0.05, 0.1) is 11.5 Å². The molecule has 26 heavy (non-hydrogen) atoms. The Morgan fingerprint density at radius 1 is 1.23 bits per heavy atom. The van der Waals surface area contributed by atoms with Gasteiger partial charge in [-0.05, 0) is 37.7 Å². The molecule has 0 saturated carbocycles. The average Bonchev–Trinajstić information content (AvgIpc) is 3.20. The highest BCUT2D eigenvalue weighted by Crippen LogP contribution is 2.34. The number of carbonyl (C=O) groups excluding carboxylic acids is 3. The lowest BCUT2D eigenvalue weighted by Crippen LogP contribution is -2.42. The second-order valence-corrected chi connectivity index (χ2v) is 6.54. The smallest absolute Gasteiger partial charge is 0.329 e. The first-order valence-corrected chi connectivity index (χ1v) is 8.92. The second kappa shape index (κ2) is 7.61. The number of carbonyl (C=O) groups is 3. The lowest BCUT2D eigenvalue weighted by atomic mass is 10.2. The van der Waals surface area contributed by atoms with Crippen molar-refractivity contribution in [3.8, 4) is 11.3 Å². The Morgan fingerprint density at radius 2 is 1.96 bits per heavy atom. The van der Waals surface area contributed by atoms with Gasteiger partial charge in [0.1, 0.15) is 17.6 Å². The van der Waals surface area contributed by atoms with E-state index in [1.807, 2.05) is 30.3 Å². The van der Waals surface area contributed by atoms with Gasteiger partial charge in [-0.25, -0.2) is 4.79 Å². The summed E-state index contributed by atoms with van der Waals surface area (Å²) in [5.74, 6) is -0.0206. The molecule has 1 aromatic heterocycles. The van der Waals surface area contributed by atoms with E-state index in [0.717, 1.165) is 22.2 Å². The summed E-state index contributed by atoms with van der Waals surface area (Å²) in [5.41, 5.74) is 0.913. The monoisotopic (exact) mass is 371 g/mol. The molecule has 134 valence electrons. The lowest BCUT2D eigenvalue weighted by Gasteiger charge is -2.19. The van der Waals surface area contributed by atoms with Crippen molar-refractivity contribution in [2.45, 2.75) is 19.9 Å². The van der Waals surface area contributed by atoms with Gasteiger partial charge in [0.25, 0.3) is 11.1 Å². The topological polar surface area (TPSA) is 76.8 Å². The minimum absolute atomic E-state index is 0.184. The molecule has 0 radical (unpaired) electrons. The zero-order chi connectivity index (χ0) is 18.7. The Morgan fingerprint density at radius 3 is 2.65 bits per heavy atom. The number of hydrogen-bond donors (Lipinski definition) is 0. The number of hydrogen-bond acceptors (Lipinski definition) is 6. The van der Waals surface area contributed by atoms with Crippen LogP contribution < -0.4 is 0 Å². The molecule has 2 aromatic rings. The van der Waals surface area contributed by atoms with Crippen molar-refractivity contribution in [1.29, 1.82) is 0 Å². The molecule has 3 rings (SSSR count). The molecule has 0 unspecified atom stereocenters. The number of esters is 1. The van der Waals surface area contributed by atoms with Crippen molar-refractivity contribution in [1.82, 2.24) is 4.90 Å². The Balaban J connectivity index is 1.80. The number of amides is 2. The van der Waals surface area contributed by atoms with Gasteiger partial charge in [0.2, 0.25) is 0 Å². The number of ether oxygens (including phenoxy) is 1. The fraction of sp³-hybridized carbons (Fsp3) is 0.211. The van der Waals surface area contributed by atoms with Crippen LogP contribution in [0.2, 0.25) is 0 Å². The summed E-state index contributed by atoms with van der Waals surface area (Å²) in [6.45, 7) is 3.32. The summed E-state index contributed by atoms with van der Waals surface area (Å²) in [6, 6.07) is 12.1. The van der Waals surface area contributed by atoms with Crippen LogP contribution in [0.4, 0.5) is 4.79 Å². The van der Waals surface area contributed by atoms with Gasteiger partial charge in [-0.1, -0.05) is 30.3 Å². The van der Waals surface area contributed by atoms with Gasteiger partial charge in [-0.3, -0.25) is 14.5 Å². The summed E-state index contributed by atoms with van der Waals surface area (Å²) in [5, 5.41) is -0.503. The van der Waals surface area contributed by atoms with E-state index in [2.05, 4.69) is 0 Å². The van der Waals surface area contributed by atoms with Crippen molar-refractivity contribution < 1.29 is 23.5 Å². The molecule has 0 bridgehead atoms. The molecule has 0 aliphatic carbocycles. The van der Waals surface area contributed by atoms with Crippen molar-refractivity contribution >= 4 is 35.0 Å². The predicted molar refractivity (Wildman–Crippen MR) is 98.0 cm³/mol. The predicted octanol–water partition coefficient (Wildman–Crippen LogP) is 3.93. The van der Waals surface area contributed by atoms with Crippen molar-refractivity contribution in [3.63, 3.8) is 0 Å². The number of nitrogens with zero attached hydrogens (tertiary/aromatic N) is 1. The summed E-state index contributed by atoms with van der Waals surface area (Å²) < 4.78 is 10.6. The normalized spacial score (nSPS) is 17.0. The molecule has 2 amide bonds. The van der Waals surface area contributed by atoms with Gasteiger partial charge >= 0.3 is 5.97 Å². The second-order valence-electron chi connectivity index (χ2n) is 5.55. The van der Waals surface area contributed by atoms with Crippen molar-refractivity contribution in [2.24, 2.45) is 0 Å². The zero-order valence-corrected chi connectivity index (χ0v) is 15.1. The molecule has 1 aromatic carbocycles. The maximum absolute atomic E-state index is 12.5. The van der Waals surface area contributed by atoms with E-state index >= 15 is 0 Å². The van der Waals surface area contributed by atoms with Crippen LogP contribution in [0.1, 0.15) is 19.6 Å². The molecule has 0 N–H and O–H groups in total. The van der Waals surface area contributed by atoms with Gasteiger partial charge in [0, 0.05) is 11.6 Å². The van der Waals surface area contributed by atoms with E-state index in [0.29, 0.717) is 11.5 Å². The lowest BCUT2D eigenvalue weighted by molar-refractivity contribution is -0.150. The molecule has 6 nitrogen and oxygen atoms in total. The highest BCUT2D eigenvalue weighted by atomic mass is 32.2. The summed E-state index contributed by atoms with van der Waals surface area (Å²) in [6.07, 6.45) is 1.51. The molecule has 0 spiro atoms. The third-order valence-corrected chi connectivity index (χ3v) is 4.68. The zero-order valence-electron chi connectivity index (χ0n) is 14.3. The molecule has 7 heteroatoms. The van der Waals surface area contributed by atoms with Crippen LogP contribution in [-0.4, -0.2) is 34.7 Å². The van der Waals surface area contributed by atoms with Crippen LogP contribution in [0.15, 0.2) is 51.8 Å². The molecule has 2 heterocycles. The van der Waals surface area contributed by atoms with E-state index in [1.54, 1.807) is 19.1 Å². The van der Waals surface area contributed by atoms with Crippen LogP contribution in [0.3, 0.4) is 0 Å². The minimum Gasteiger partial charge on any atom is -0.464 e. The summed E-state index contributed by atoms with van der Waals surface area (Å²) in [4.78, 5) is 37.6. The highest BCUT2D eigenvalue weighted by Gasteiger charge is 2.41. The minimum atomic E-state index is -0.968. The van der Waals surface area contributed by atoms with Crippen LogP contribution in [-0.2, 0) is 14.3 Å². The van der Waals surface area contributed by atoms with E-state index < -0.39 is 23.2 Å². The fourth-order valence-corrected chi connectivity index (χ4v) is 3.39. The van der Waals surface area contributed by atoms with Crippen LogP contribution in [0, 0.1) is 0 Å². The molecule has 1 fully saturated rings. The largest absolute Gasteiger partial charge is 0.464 e. The van der Waals surface area contributed by atoms with Gasteiger partial charge < -0.3 is 9.15 Å². The third kappa shape index (κ3) is 3.57. The maximum Gasteiger partial charge on any atom is 0.329 e. The fourth-order valence-electron chi connectivity index (χ4n) is 2.50. The molecular formula is C19H17NO5S. The molecule has 1 saturated heterocycles. The van der Waals surface area contributed by atoms with E-state index in [-0.39, 0.29) is 11.5 Å². The number of benzene rings is 1. The van der Waals surface area contributed by atoms with Crippen LogP contribution >= 0.6 is 11.8 Å². The van der Waals surface area contributed by atoms with E-state index in [9.17, 15) is 14.4 Å². The standard InChI is InChI=1S/C19H17NO5S/c1-3-24-18(22)12(2)20-17(21)16(26-19(20)23)11-14-9-10-15(25-14)13-7-5-4-6-8-13/h4-12H,3H2,1-2H3/b16-11+/t12-/m0/s1. The Labute approximate surface area is 154 Å². The van der Waals surface area contributed by atoms with E-state index in [4.69, 9.17) is 9.15 Å². The molecular weight excluding hydrogens is 354 g/mol. The Kier molecular flexibility index (Phi) is 5.27. The maximum atomic E-state index is 12.5. The van der Waals surface area contributed by atoms with Crippen molar-refractivity contribution in [2.75, 3.05) is 6.61 Å². The Hall–Kier alpha value is -2.80. The highest BCUT2D eigenvalue weighted by molar-refractivity contribution is 8.18. The van der Waals surface area contributed by atoms with Crippen molar-refractivity contribution in [3.05, 3.63) is 53.1 Å². The quantitative estimate of drug-likeness (QED) is 0.585. The number of rotatable bonds is 5. The summed E-state index contributed by atoms with van der Waals surface area (Å²) >= 11 is 0.776. The first kappa shape index (κ1) is 18.0. The number of furan rings is 1. The first-order chi connectivity index (χ1) is 12.5. The SMILES string of the molecule is CCOC(=O)[C@H](C)N1C(=O)S/C(=C/c2ccc(-c3ccccc3)o2)C1=O. The Bertz CT molecular complexity index is 871. The van der Waals surface area contributed by atoms with Gasteiger partial charge in [0.15, 0.2) is 0 Å². The molecule has 1 aliphatic heterocycles.